The van der Waals surface area contributed by atoms with Crippen molar-refractivity contribution in [3.8, 4) is 0 Å². The van der Waals surface area contributed by atoms with E-state index in [0.717, 1.165) is 25.1 Å². The van der Waals surface area contributed by atoms with Crippen molar-refractivity contribution in [1.82, 2.24) is 15.3 Å². The maximum atomic E-state index is 12.6. The molecule has 2 rings (SSSR count). The molecular weight excluding hydrogens is 245 g/mol. The Kier molecular flexibility index (Phi) is 3.70. The highest BCUT2D eigenvalue weighted by Gasteiger charge is 2.33. The molecule has 4 nitrogen and oxygen atoms in total. The number of rotatable bonds is 2. The first-order valence-corrected chi connectivity index (χ1v) is 5.83. The molecule has 1 aromatic rings. The Balaban J connectivity index is 2.18. The fraction of sp³-hybridized carbons (Fsp3) is 0.636. The van der Waals surface area contributed by atoms with Crippen molar-refractivity contribution in [2.45, 2.75) is 25.1 Å². The molecule has 0 bridgehead atoms. The van der Waals surface area contributed by atoms with Gasteiger partial charge in [-0.05, 0) is 26.0 Å². The number of halogens is 3. The lowest BCUT2D eigenvalue weighted by Crippen LogP contribution is -2.45. The van der Waals surface area contributed by atoms with Crippen LogP contribution < -0.4 is 10.2 Å². The second-order valence-corrected chi connectivity index (χ2v) is 4.31. The van der Waals surface area contributed by atoms with Crippen LogP contribution in [0, 0.1) is 0 Å². The van der Waals surface area contributed by atoms with Crippen LogP contribution in [-0.4, -0.2) is 36.1 Å². The fourth-order valence-electron chi connectivity index (χ4n) is 2.05. The summed E-state index contributed by atoms with van der Waals surface area (Å²) in [6, 6.07) is 1.17. The standard InChI is InChI=1S/C11H15F3N4/c1-15-8-3-2-6-18(7-8)10-16-5-4-9(17-10)11(12,13)14/h4-5,8,15H,2-3,6-7H2,1H3. The van der Waals surface area contributed by atoms with Gasteiger partial charge in [0, 0.05) is 25.3 Å². The van der Waals surface area contributed by atoms with Gasteiger partial charge < -0.3 is 10.2 Å². The number of piperidine rings is 1. The summed E-state index contributed by atoms with van der Waals surface area (Å²) >= 11 is 0. The second kappa shape index (κ2) is 5.09. The highest BCUT2D eigenvalue weighted by Crippen LogP contribution is 2.28. The zero-order valence-corrected chi connectivity index (χ0v) is 10.0. The Labute approximate surface area is 103 Å². The van der Waals surface area contributed by atoms with Gasteiger partial charge in [0.15, 0.2) is 0 Å². The lowest BCUT2D eigenvalue weighted by Gasteiger charge is -2.32. The van der Waals surface area contributed by atoms with Gasteiger partial charge in [-0.15, -0.1) is 0 Å². The lowest BCUT2D eigenvalue weighted by atomic mass is 10.1. The van der Waals surface area contributed by atoms with E-state index in [1.165, 1.54) is 0 Å². The second-order valence-electron chi connectivity index (χ2n) is 4.31. The van der Waals surface area contributed by atoms with Gasteiger partial charge in [-0.2, -0.15) is 13.2 Å². The van der Waals surface area contributed by atoms with Crippen molar-refractivity contribution < 1.29 is 13.2 Å². The van der Waals surface area contributed by atoms with Gasteiger partial charge in [0.1, 0.15) is 5.69 Å². The zero-order chi connectivity index (χ0) is 13.2. The third-order valence-electron chi connectivity index (χ3n) is 3.05. The number of aromatic nitrogens is 2. The monoisotopic (exact) mass is 260 g/mol. The number of alkyl halides is 3. The van der Waals surface area contributed by atoms with E-state index in [1.807, 2.05) is 7.05 Å². The largest absolute Gasteiger partial charge is 0.433 e. The normalized spacial score (nSPS) is 21.1. The highest BCUT2D eigenvalue weighted by molar-refractivity contribution is 5.32. The molecular formula is C11H15F3N4. The first-order valence-electron chi connectivity index (χ1n) is 5.83. The van der Waals surface area contributed by atoms with Crippen LogP contribution in [0.5, 0.6) is 0 Å². The molecule has 1 aliphatic rings. The van der Waals surface area contributed by atoms with E-state index in [4.69, 9.17) is 0 Å². The van der Waals surface area contributed by atoms with Crippen LogP contribution in [-0.2, 0) is 6.18 Å². The number of anilines is 1. The molecule has 100 valence electrons. The van der Waals surface area contributed by atoms with Gasteiger partial charge in [0.25, 0.3) is 0 Å². The predicted molar refractivity (Wildman–Crippen MR) is 61.3 cm³/mol. The number of hydrogen-bond donors (Lipinski definition) is 1. The summed E-state index contributed by atoms with van der Waals surface area (Å²) in [5.74, 6) is 0.157. The van der Waals surface area contributed by atoms with Crippen LogP contribution in [0.2, 0.25) is 0 Å². The van der Waals surface area contributed by atoms with Crippen molar-refractivity contribution in [3.63, 3.8) is 0 Å². The zero-order valence-electron chi connectivity index (χ0n) is 10.0. The highest BCUT2D eigenvalue weighted by atomic mass is 19.4. The first kappa shape index (κ1) is 13.1. The van der Waals surface area contributed by atoms with Crippen LogP contribution in [0.25, 0.3) is 0 Å². The average Bonchev–Trinajstić information content (AvgIpc) is 2.38. The van der Waals surface area contributed by atoms with Crippen molar-refractivity contribution in [1.29, 1.82) is 0 Å². The minimum atomic E-state index is -4.42. The summed E-state index contributed by atoms with van der Waals surface area (Å²) in [5.41, 5.74) is -0.890. The SMILES string of the molecule is CNC1CCCN(c2nccc(C(F)(F)F)n2)C1. The van der Waals surface area contributed by atoms with Gasteiger partial charge in [0.2, 0.25) is 5.95 Å². The summed E-state index contributed by atoms with van der Waals surface area (Å²) in [6.07, 6.45) is -1.32. The molecule has 0 amide bonds. The molecule has 0 aliphatic carbocycles. The third-order valence-corrected chi connectivity index (χ3v) is 3.05. The van der Waals surface area contributed by atoms with Gasteiger partial charge in [-0.3, -0.25) is 0 Å². The van der Waals surface area contributed by atoms with Crippen molar-refractivity contribution >= 4 is 5.95 Å². The van der Waals surface area contributed by atoms with Crippen molar-refractivity contribution in [3.05, 3.63) is 18.0 Å². The molecule has 1 aromatic heterocycles. The Morgan fingerprint density at radius 2 is 2.22 bits per heavy atom. The van der Waals surface area contributed by atoms with Gasteiger partial charge in [-0.25, -0.2) is 9.97 Å². The van der Waals surface area contributed by atoms with Crippen LogP contribution in [0.4, 0.5) is 19.1 Å². The molecule has 7 heteroatoms. The molecule has 1 unspecified atom stereocenters. The van der Waals surface area contributed by atoms with E-state index in [2.05, 4.69) is 15.3 Å². The Morgan fingerprint density at radius 3 is 2.89 bits per heavy atom. The summed E-state index contributed by atoms with van der Waals surface area (Å²) in [5, 5.41) is 3.13. The molecule has 1 fully saturated rings. The molecule has 18 heavy (non-hydrogen) atoms. The van der Waals surface area contributed by atoms with E-state index >= 15 is 0 Å². The molecule has 0 saturated carbocycles. The van der Waals surface area contributed by atoms with E-state index in [0.29, 0.717) is 13.1 Å². The average molecular weight is 260 g/mol. The Bertz CT molecular complexity index is 408. The Morgan fingerprint density at radius 1 is 1.44 bits per heavy atom. The van der Waals surface area contributed by atoms with Crippen LogP contribution >= 0.6 is 0 Å². The number of likely N-dealkylation sites (N-methyl/N-ethyl adjacent to an activating group) is 1. The van der Waals surface area contributed by atoms with E-state index in [9.17, 15) is 13.2 Å². The van der Waals surface area contributed by atoms with E-state index in [1.54, 1.807) is 4.90 Å². The van der Waals surface area contributed by atoms with E-state index < -0.39 is 11.9 Å². The summed E-state index contributed by atoms with van der Waals surface area (Å²) < 4.78 is 37.7. The molecule has 0 radical (unpaired) electrons. The molecule has 1 saturated heterocycles. The smallest absolute Gasteiger partial charge is 0.339 e. The van der Waals surface area contributed by atoms with Gasteiger partial charge in [-0.1, -0.05) is 0 Å². The van der Waals surface area contributed by atoms with E-state index in [-0.39, 0.29) is 12.0 Å². The topological polar surface area (TPSA) is 41.0 Å². The third kappa shape index (κ3) is 2.90. The summed E-state index contributed by atoms with van der Waals surface area (Å²) in [6.45, 7) is 1.33. The summed E-state index contributed by atoms with van der Waals surface area (Å²) in [4.78, 5) is 9.32. The first-order chi connectivity index (χ1) is 8.50. The minimum absolute atomic E-state index is 0.157. The number of nitrogens with one attached hydrogen (secondary N) is 1. The molecule has 0 spiro atoms. The van der Waals surface area contributed by atoms with Crippen molar-refractivity contribution in [2.24, 2.45) is 0 Å². The summed E-state index contributed by atoms with van der Waals surface area (Å²) in [7, 11) is 1.85. The van der Waals surface area contributed by atoms with Gasteiger partial charge in [0.05, 0.1) is 0 Å². The van der Waals surface area contributed by atoms with Gasteiger partial charge >= 0.3 is 6.18 Å². The molecule has 1 aliphatic heterocycles. The predicted octanol–water partition coefficient (Wildman–Crippen LogP) is 1.68. The molecule has 0 aromatic carbocycles. The van der Waals surface area contributed by atoms with Crippen LogP contribution in [0.15, 0.2) is 12.3 Å². The number of nitrogens with zero attached hydrogens (tertiary/aromatic N) is 3. The quantitative estimate of drug-likeness (QED) is 0.878. The lowest BCUT2D eigenvalue weighted by molar-refractivity contribution is -0.141. The number of hydrogen-bond acceptors (Lipinski definition) is 4. The molecule has 2 heterocycles. The molecule has 1 atom stereocenters. The van der Waals surface area contributed by atoms with Crippen LogP contribution in [0.1, 0.15) is 18.5 Å². The van der Waals surface area contributed by atoms with Crippen molar-refractivity contribution in [2.75, 3.05) is 25.0 Å². The maximum absolute atomic E-state index is 12.6. The van der Waals surface area contributed by atoms with Crippen LogP contribution in [0.3, 0.4) is 0 Å². The minimum Gasteiger partial charge on any atom is -0.339 e. The maximum Gasteiger partial charge on any atom is 0.433 e. The Hall–Kier alpha value is -1.37. The fourth-order valence-corrected chi connectivity index (χ4v) is 2.05. The molecule has 1 N–H and O–H groups in total.